The fraction of sp³-hybridized carbons (Fsp3) is 0.357. The summed E-state index contributed by atoms with van der Waals surface area (Å²) >= 11 is 0. The summed E-state index contributed by atoms with van der Waals surface area (Å²) in [5.74, 6) is 0.468. The summed E-state index contributed by atoms with van der Waals surface area (Å²) in [5, 5.41) is 0. The Bertz CT molecular complexity index is 672. The van der Waals surface area contributed by atoms with Gasteiger partial charge >= 0.3 is 0 Å². The lowest BCUT2D eigenvalue weighted by Crippen LogP contribution is -2.30. The molecular weight excluding hydrogens is 242 g/mol. The SMILES string of the molecule is CCN(CC)c1nc2cc(C)ccn2c(=O)c1C=O. The van der Waals surface area contributed by atoms with Crippen molar-refractivity contribution in [2.24, 2.45) is 0 Å². The standard InChI is InChI=1S/C14H17N3O2/c1-4-16(5-2)13-11(9-18)14(19)17-7-6-10(3)8-12(17)15-13/h6-9H,4-5H2,1-3H3. The van der Waals surface area contributed by atoms with Crippen LogP contribution in [0.1, 0.15) is 29.8 Å². The van der Waals surface area contributed by atoms with Crippen molar-refractivity contribution in [3.05, 3.63) is 39.8 Å². The van der Waals surface area contributed by atoms with Crippen molar-refractivity contribution >= 4 is 17.8 Å². The Morgan fingerprint density at radius 2 is 2.05 bits per heavy atom. The van der Waals surface area contributed by atoms with Crippen molar-refractivity contribution in [3.8, 4) is 0 Å². The predicted octanol–water partition coefficient (Wildman–Crippen LogP) is 1.66. The molecule has 0 aliphatic heterocycles. The van der Waals surface area contributed by atoms with Gasteiger partial charge in [0.15, 0.2) is 6.29 Å². The lowest BCUT2D eigenvalue weighted by atomic mass is 10.2. The highest BCUT2D eigenvalue weighted by Crippen LogP contribution is 2.15. The van der Waals surface area contributed by atoms with Crippen molar-refractivity contribution in [3.63, 3.8) is 0 Å². The molecule has 2 aromatic rings. The van der Waals surface area contributed by atoms with E-state index in [1.807, 2.05) is 37.8 Å². The van der Waals surface area contributed by atoms with Crippen molar-refractivity contribution < 1.29 is 4.79 Å². The number of rotatable bonds is 4. The van der Waals surface area contributed by atoms with Gasteiger partial charge in [-0.05, 0) is 38.5 Å². The van der Waals surface area contributed by atoms with Gasteiger partial charge in [0.05, 0.1) is 0 Å². The number of pyridine rings is 1. The first-order valence-electron chi connectivity index (χ1n) is 6.35. The van der Waals surface area contributed by atoms with Crippen LogP contribution in [0.25, 0.3) is 5.65 Å². The van der Waals surface area contributed by atoms with Gasteiger partial charge in [0.1, 0.15) is 17.0 Å². The molecule has 0 atom stereocenters. The maximum Gasteiger partial charge on any atom is 0.270 e. The van der Waals surface area contributed by atoms with Gasteiger partial charge in [-0.3, -0.25) is 14.0 Å². The molecular formula is C14H17N3O2. The van der Waals surface area contributed by atoms with Crippen LogP contribution in [-0.4, -0.2) is 28.8 Å². The highest BCUT2D eigenvalue weighted by molar-refractivity contribution is 5.83. The highest BCUT2D eigenvalue weighted by atomic mass is 16.1. The molecule has 5 heteroatoms. The normalized spacial score (nSPS) is 10.7. The van der Waals surface area contributed by atoms with E-state index in [9.17, 15) is 9.59 Å². The molecule has 2 heterocycles. The second-order valence-corrected chi connectivity index (χ2v) is 4.38. The van der Waals surface area contributed by atoms with Gasteiger partial charge in [-0.15, -0.1) is 0 Å². The first kappa shape index (κ1) is 13.3. The predicted molar refractivity (Wildman–Crippen MR) is 75.1 cm³/mol. The average molecular weight is 259 g/mol. The van der Waals surface area contributed by atoms with Crippen LogP contribution in [0.4, 0.5) is 5.82 Å². The zero-order chi connectivity index (χ0) is 14.0. The second-order valence-electron chi connectivity index (χ2n) is 4.38. The van der Waals surface area contributed by atoms with E-state index in [1.165, 1.54) is 4.40 Å². The first-order valence-corrected chi connectivity index (χ1v) is 6.35. The van der Waals surface area contributed by atoms with Crippen molar-refractivity contribution in [1.29, 1.82) is 0 Å². The molecule has 0 bridgehead atoms. The fourth-order valence-corrected chi connectivity index (χ4v) is 2.11. The van der Waals surface area contributed by atoms with Crippen LogP contribution in [0.3, 0.4) is 0 Å². The van der Waals surface area contributed by atoms with Crippen molar-refractivity contribution in [2.75, 3.05) is 18.0 Å². The van der Waals surface area contributed by atoms with Crippen LogP contribution in [0, 0.1) is 6.92 Å². The topological polar surface area (TPSA) is 54.7 Å². The summed E-state index contributed by atoms with van der Waals surface area (Å²) in [7, 11) is 0. The molecule has 19 heavy (non-hydrogen) atoms. The summed E-state index contributed by atoms with van der Waals surface area (Å²) in [6.07, 6.45) is 2.24. The number of carbonyl (C=O) groups is 1. The molecule has 0 spiro atoms. The fourth-order valence-electron chi connectivity index (χ4n) is 2.11. The molecule has 0 aliphatic carbocycles. The molecule has 0 saturated heterocycles. The lowest BCUT2D eigenvalue weighted by molar-refractivity contribution is 0.112. The molecule has 100 valence electrons. The van der Waals surface area contributed by atoms with Crippen LogP contribution in [0.15, 0.2) is 23.1 Å². The summed E-state index contributed by atoms with van der Waals surface area (Å²) < 4.78 is 1.41. The van der Waals surface area contributed by atoms with Gasteiger partial charge in [-0.2, -0.15) is 0 Å². The number of anilines is 1. The van der Waals surface area contributed by atoms with E-state index in [0.717, 1.165) is 5.56 Å². The molecule has 0 radical (unpaired) electrons. The molecule has 0 aromatic carbocycles. The second kappa shape index (κ2) is 5.22. The van der Waals surface area contributed by atoms with Crippen LogP contribution >= 0.6 is 0 Å². The molecule has 5 nitrogen and oxygen atoms in total. The van der Waals surface area contributed by atoms with Crippen LogP contribution in [0.5, 0.6) is 0 Å². The van der Waals surface area contributed by atoms with E-state index in [2.05, 4.69) is 4.98 Å². The van der Waals surface area contributed by atoms with Gasteiger partial charge < -0.3 is 4.90 Å². The number of fused-ring (bicyclic) bond motifs is 1. The minimum atomic E-state index is -0.318. The minimum Gasteiger partial charge on any atom is -0.356 e. The number of aryl methyl sites for hydroxylation is 1. The highest BCUT2D eigenvalue weighted by Gasteiger charge is 2.16. The number of aldehydes is 1. The molecule has 0 amide bonds. The van der Waals surface area contributed by atoms with Crippen LogP contribution < -0.4 is 10.5 Å². The molecule has 0 unspecified atom stereocenters. The zero-order valence-corrected chi connectivity index (χ0v) is 11.4. The average Bonchev–Trinajstić information content (AvgIpc) is 2.40. The monoisotopic (exact) mass is 259 g/mol. The largest absolute Gasteiger partial charge is 0.356 e. The molecule has 0 fully saturated rings. The molecule has 0 aliphatic rings. The van der Waals surface area contributed by atoms with E-state index >= 15 is 0 Å². The Morgan fingerprint density at radius 3 is 2.63 bits per heavy atom. The summed E-state index contributed by atoms with van der Waals surface area (Å²) in [5.41, 5.74) is 1.39. The Kier molecular flexibility index (Phi) is 3.64. The van der Waals surface area contributed by atoms with Gasteiger partial charge in [-0.25, -0.2) is 4.98 Å². The Morgan fingerprint density at radius 1 is 1.37 bits per heavy atom. The third-order valence-electron chi connectivity index (χ3n) is 3.18. The molecule has 0 N–H and O–H groups in total. The Labute approximate surface area is 111 Å². The van der Waals surface area contributed by atoms with E-state index in [0.29, 0.717) is 30.8 Å². The van der Waals surface area contributed by atoms with E-state index in [1.54, 1.807) is 6.20 Å². The number of aromatic nitrogens is 2. The number of hydrogen-bond donors (Lipinski definition) is 0. The third kappa shape index (κ3) is 2.23. The van der Waals surface area contributed by atoms with Gasteiger partial charge in [0.25, 0.3) is 5.56 Å². The van der Waals surface area contributed by atoms with Gasteiger partial charge in [-0.1, -0.05) is 0 Å². The summed E-state index contributed by atoms with van der Waals surface area (Å²) in [4.78, 5) is 29.9. The van der Waals surface area contributed by atoms with E-state index in [-0.39, 0.29) is 11.1 Å². The van der Waals surface area contributed by atoms with Crippen molar-refractivity contribution in [1.82, 2.24) is 9.38 Å². The number of carbonyl (C=O) groups excluding carboxylic acids is 1. The smallest absolute Gasteiger partial charge is 0.270 e. The van der Waals surface area contributed by atoms with E-state index < -0.39 is 0 Å². The molecule has 2 rings (SSSR count). The summed E-state index contributed by atoms with van der Waals surface area (Å²) in [6.45, 7) is 7.28. The minimum absolute atomic E-state index is 0.116. The van der Waals surface area contributed by atoms with Gasteiger partial charge in [0, 0.05) is 19.3 Å². The maximum absolute atomic E-state index is 12.3. The quantitative estimate of drug-likeness (QED) is 0.784. The van der Waals surface area contributed by atoms with Crippen LogP contribution in [-0.2, 0) is 0 Å². The Balaban J connectivity index is 2.83. The van der Waals surface area contributed by atoms with Crippen molar-refractivity contribution in [2.45, 2.75) is 20.8 Å². The van der Waals surface area contributed by atoms with Crippen LogP contribution in [0.2, 0.25) is 0 Å². The zero-order valence-electron chi connectivity index (χ0n) is 11.4. The maximum atomic E-state index is 12.3. The molecule has 0 saturated carbocycles. The Hall–Kier alpha value is -2.17. The number of nitrogens with zero attached hydrogens (tertiary/aromatic N) is 3. The van der Waals surface area contributed by atoms with Gasteiger partial charge in [0.2, 0.25) is 0 Å². The number of hydrogen-bond acceptors (Lipinski definition) is 4. The lowest BCUT2D eigenvalue weighted by Gasteiger charge is -2.21. The third-order valence-corrected chi connectivity index (χ3v) is 3.18. The van der Waals surface area contributed by atoms with E-state index in [4.69, 9.17) is 0 Å². The first-order chi connectivity index (χ1) is 9.12. The summed E-state index contributed by atoms with van der Waals surface area (Å²) in [6, 6.07) is 3.66. The molecule has 2 aromatic heterocycles.